The number of aromatic nitrogens is 1. The largest absolute Gasteiger partial charge is 0.443 e. The third-order valence-corrected chi connectivity index (χ3v) is 7.24. The van der Waals surface area contributed by atoms with E-state index in [1.54, 1.807) is 20.8 Å². The van der Waals surface area contributed by atoms with Gasteiger partial charge in [0, 0.05) is 27.6 Å². The number of fused-ring (bicyclic) bond motifs is 3. The van der Waals surface area contributed by atoms with Gasteiger partial charge in [-0.1, -0.05) is 18.2 Å². The predicted molar refractivity (Wildman–Crippen MR) is 132 cm³/mol. The number of para-hydroxylation sites is 1. The average Bonchev–Trinajstić information content (AvgIpc) is 3.17. The molecule has 2 unspecified atom stereocenters. The summed E-state index contributed by atoms with van der Waals surface area (Å²) in [4.78, 5) is 34.7. The predicted octanol–water partition coefficient (Wildman–Crippen LogP) is 5.86. The van der Waals surface area contributed by atoms with Crippen molar-refractivity contribution < 1.29 is 14.3 Å². The second kappa shape index (κ2) is 7.35. The minimum atomic E-state index is -1.17. The quantitative estimate of drug-likeness (QED) is 0.483. The number of carbonyl (C=O) groups is 2. The number of nitrogens with zero attached hydrogens (tertiary/aromatic N) is 2. The second-order valence-electron chi connectivity index (χ2n) is 10.0. The topological polar surface area (TPSA) is 65.6 Å². The highest BCUT2D eigenvalue weighted by molar-refractivity contribution is 9.11. The van der Waals surface area contributed by atoms with Crippen LogP contribution in [0.25, 0.3) is 10.9 Å². The van der Waals surface area contributed by atoms with Gasteiger partial charge in [-0.15, -0.1) is 0 Å². The molecule has 0 saturated carbocycles. The fraction of sp³-hybridized carbons (Fsp3) is 0.385. The Kier molecular flexibility index (Phi) is 4.90. The van der Waals surface area contributed by atoms with Gasteiger partial charge in [0.25, 0.3) is 5.91 Å². The molecule has 0 saturated heterocycles. The lowest BCUT2D eigenvalue weighted by atomic mass is 9.83. The molecule has 0 aliphatic carbocycles. The van der Waals surface area contributed by atoms with Crippen LogP contribution in [0.1, 0.15) is 52.3 Å². The smallest absolute Gasteiger partial charge is 0.421 e. The molecule has 2 aromatic rings. The number of imide groups is 1. The number of carbonyl (C=O) groups excluding carboxylic acids is 2. The fourth-order valence-electron chi connectivity index (χ4n) is 5.35. The first kappa shape index (κ1) is 22.0. The van der Waals surface area contributed by atoms with Crippen LogP contribution >= 0.6 is 15.9 Å². The molecule has 1 spiro atoms. The van der Waals surface area contributed by atoms with Crippen molar-refractivity contribution in [1.82, 2.24) is 14.8 Å². The van der Waals surface area contributed by atoms with Crippen molar-refractivity contribution in [3.05, 3.63) is 69.6 Å². The third kappa shape index (κ3) is 3.12. The molecule has 2 bridgehead atoms. The van der Waals surface area contributed by atoms with E-state index in [4.69, 9.17) is 4.74 Å². The van der Waals surface area contributed by atoms with E-state index in [-0.39, 0.29) is 11.9 Å². The van der Waals surface area contributed by atoms with Gasteiger partial charge >= 0.3 is 6.09 Å². The standard InChI is InChI=1S/C26H28BrN3O3/c1-15-10-12-19-18-8-6-7-9-20(18)28-22(19)26-16(2)21(13-11-17(27)14-29(15)26)30(23(26)31)24(32)33-25(3,4)5/h6-9,11,13-15,28H,10,12H2,1-5H3/b13-11-,17-14?. The molecule has 33 heavy (non-hydrogen) atoms. The summed E-state index contributed by atoms with van der Waals surface area (Å²) in [5, 5.41) is 1.12. The van der Waals surface area contributed by atoms with Crippen LogP contribution in [-0.4, -0.2) is 38.4 Å². The van der Waals surface area contributed by atoms with Crippen LogP contribution in [0.3, 0.4) is 0 Å². The number of benzene rings is 1. The van der Waals surface area contributed by atoms with Gasteiger partial charge in [-0.2, -0.15) is 0 Å². The van der Waals surface area contributed by atoms with E-state index in [0.717, 1.165) is 45.1 Å². The number of amides is 2. The molecular weight excluding hydrogens is 482 g/mol. The molecule has 0 fully saturated rings. The Balaban J connectivity index is 1.83. The van der Waals surface area contributed by atoms with Crippen molar-refractivity contribution >= 4 is 38.8 Å². The van der Waals surface area contributed by atoms with Crippen LogP contribution in [-0.2, 0) is 21.5 Å². The van der Waals surface area contributed by atoms with E-state index in [1.807, 2.05) is 43.5 Å². The highest BCUT2D eigenvalue weighted by Crippen LogP contribution is 2.52. The number of ether oxygens (including phenoxy) is 1. The van der Waals surface area contributed by atoms with Gasteiger partial charge in [-0.05, 0) is 92.7 Å². The van der Waals surface area contributed by atoms with Crippen molar-refractivity contribution in [3.63, 3.8) is 0 Å². The van der Waals surface area contributed by atoms with Gasteiger partial charge in [-0.3, -0.25) is 4.79 Å². The summed E-state index contributed by atoms with van der Waals surface area (Å²) in [5.41, 5.74) is 2.44. The number of allylic oxidation sites excluding steroid dienone is 3. The zero-order valence-corrected chi connectivity index (χ0v) is 21.1. The van der Waals surface area contributed by atoms with Gasteiger partial charge in [0.15, 0.2) is 5.54 Å². The van der Waals surface area contributed by atoms with Crippen LogP contribution in [0.15, 0.2) is 58.4 Å². The van der Waals surface area contributed by atoms with Crippen molar-refractivity contribution in [2.75, 3.05) is 0 Å². The summed E-state index contributed by atoms with van der Waals surface area (Å²) in [5.74, 6) is -0.311. The van der Waals surface area contributed by atoms with Crippen LogP contribution in [0.4, 0.5) is 4.79 Å². The molecule has 0 radical (unpaired) electrons. The molecule has 3 aliphatic heterocycles. The molecule has 6 nitrogen and oxygen atoms in total. The maximum Gasteiger partial charge on any atom is 0.421 e. The van der Waals surface area contributed by atoms with Crippen molar-refractivity contribution in [3.8, 4) is 0 Å². The first-order valence-electron chi connectivity index (χ1n) is 11.3. The molecular formula is C26H28BrN3O3. The first-order chi connectivity index (χ1) is 15.6. The number of aryl methyl sites for hydroxylation is 1. The Morgan fingerprint density at radius 1 is 1.24 bits per heavy atom. The Morgan fingerprint density at radius 3 is 2.70 bits per heavy atom. The number of rotatable bonds is 0. The Bertz CT molecular complexity index is 1280. The summed E-state index contributed by atoms with van der Waals surface area (Å²) in [6.45, 7) is 9.50. The van der Waals surface area contributed by atoms with Gasteiger partial charge in [-0.25, -0.2) is 9.69 Å². The summed E-state index contributed by atoms with van der Waals surface area (Å²) in [6.07, 6.45) is 6.73. The molecule has 1 N–H and O–H groups in total. The fourth-order valence-corrected chi connectivity index (χ4v) is 5.70. The number of aromatic amines is 1. The van der Waals surface area contributed by atoms with Gasteiger partial charge in [0.05, 0.1) is 11.4 Å². The van der Waals surface area contributed by atoms with Gasteiger partial charge in [0.2, 0.25) is 0 Å². The van der Waals surface area contributed by atoms with Gasteiger partial charge < -0.3 is 14.6 Å². The molecule has 2 amide bonds. The number of hydrogen-bond donors (Lipinski definition) is 1. The molecule has 1 aromatic heterocycles. The lowest BCUT2D eigenvalue weighted by Crippen LogP contribution is -2.55. The van der Waals surface area contributed by atoms with Crippen LogP contribution < -0.4 is 0 Å². The van der Waals surface area contributed by atoms with Gasteiger partial charge in [0.1, 0.15) is 5.60 Å². The summed E-state index contributed by atoms with van der Waals surface area (Å²) < 4.78 is 6.51. The highest BCUT2D eigenvalue weighted by atomic mass is 79.9. The molecule has 4 heterocycles. The molecule has 1 aromatic carbocycles. The van der Waals surface area contributed by atoms with Crippen LogP contribution in [0.5, 0.6) is 0 Å². The van der Waals surface area contributed by atoms with Crippen LogP contribution in [0, 0.1) is 0 Å². The normalized spacial score (nSPS) is 25.8. The van der Waals surface area contributed by atoms with E-state index < -0.39 is 17.2 Å². The van der Waals surface area contributed by atoms with Crippen molar-refractivity contribution in [1.29, 1.82) is 0 Å². The molecule has 3 aliphatic rings. The number of H-pyrrole nitrogens is 1. The van der Waals surface area contributed by atoms with Crippen LogP contribution in [0.2, 0.25) is 0 Å². The van der Waals surface area contributed by atoms with E-state index in [9.17, 15) is 9.59 Å². The zero-order valence-electron chi connectivity index (χ0n) is 19.5. The van der Waals surface area contributed by atoms with Crippen molar-refractivity contribution in [2.24, 2.45) is 0 Å². The molecule has 2 atom stereocenters. The number of hydrogen-bond acceptors (Lipinski definition) is 4. The SMILES string of the molecule is CC1=C2/C=C\C(Br)=CN3C(C)CCc4c([nH]c5ccccc45)C13C(=O)N2C(=O)OC(C)(C)C. The summed E-state index contributed by atoms with van der Waals surface area (Å²) in [7, 11) is 0. The lowest BCUT2D eigenvalue weighted by molar-refractivity contribution is -0.137. The minimum absolute atomic E-state index is 0.0577. The Labute approximate surface area is 202 Å². The zero-order chi connectivity index (χ0) is 23.7. The monoisotopic (exact) mass is 509 g/mol. The Morgan fingerprint density at radius 2 is 1.97 bits per heavy atom. The first-order valence-corrected chi connectivity index (χ1v) is 12.1. The molecule has 5 rings (SSSR count). The highest BCUT2D eigenvalue weighted by Gasteiger charge is 2.61. The maximum atomic E-state index is 14.5. The lowest BCUT2D eigenvalue weighted by Gasteiger charge is -2.42. The number of halogens is 1. The average molecular weight is 510 g/mol. The Hall–Kier alpha value is -2.80. The maximum absolute atomic E-state index is 14.5. The third-order valence-electron chi connectivity index (χ3n) is 6.77. The van der Waals surface area contributed by atoms with Crippen molar-refractivity contribution in [2.45, 2.75) is 64.6 Å². The minimum Gasteiger partial charge on any atom is -0.443 e. The van der Waals surface area contributed by atoms with E-state index in [1.165, 1.54) is 4.90 Å². The second-order valence-corrected chi connectivity index (χ2v) is 10.9. The van der Waals surface area contributed by atoms with E-state index >= 15 is 0 Å². The van der Waals surface area contributed by atoms with E-state index in [2.05, 4.69) is 38.8 Å². The number of nitrogens with one attached hydrogen (secondary N) is 1. The summed E-state index contributed by atoms with van der Waals surface area (Å²) in [6, 6.07) is 8.21. The van der Waals surface area contributed by atoms with E-state index in [0.29, 0.717) is 5.70 Å². The molecule has 172 valence electrons. The summed E-state index contributed by atoms with van der Waals surface area (Å²) >= 11 is 3.64. The molecule has 7 heteroatoms.